The molecule has 0 unspecified atom stereocenters. The second-order valence-corrected chi connectivity index (χ2v) is 6.99. The molecule has 3 aromatic rings. The van der Waals surface area contributed by atoms with Gasteiger partial charge < -0.3 is 20.3 Å². The van der Waals surface area contributed by atoms with Crippen molar-refractivity contribution in [2.45, 2.75) is 20.8 Å². The second-order valence-electron chi connectivity index (χ2n) is 6.99. The Morgan fingerprint density at radius 2 is 1.56 bits per heavy atom. The number of amides is 2. The Hall–Kier alpha value is -3.87. The van der Waals surface area contributed by atoms with Crippen LogP contribution in [0.15, 0.2) is 66.9 Å². The Kier molecular flexibility index (Phi) is 7.80. The minimum Gasteiger partial charge on any atom is -0.494 e. The van der Waals surface area contributed by atoms with Crippen LogP contribution in [0.4, 0.5) is 17.2 Å². The maximum Gasteiger partial charge on any atom is 0.259 e. The highest BCUT2D eigenvalue weighted by atomic mass is 16.5. The van der Waals surface area contributed by atoms with E-state index in [0.29, 0.717) is 42.3 Å². The normalized spacial score (nSPS) is 10.3. The monoisotopic (exact) mass is 432 g/mol. The summed E-state index contributed by atoms with van der Waals surface area (Å²) < 4.78 is 5.46. The smallest absolute Gasteiger partial charge is 0.259 e. The summed E-state index contributed by atoms with van der Waals surface area (Å²) >= 11 is 0. The molecule has 0 saturated heterocycles. The van der Waals surface area contributed by atoms with E-state index in [1.54, 1.807) is 47.5 Å². The number of aromatic nitrogens is 1. The highest BCUT2D eigenvalue weighted by Crippen LogP contribution is 2.22. The van der Waals surface area contributed by atoms with Crippen LogP contribution in [0.25, 0.3) is 0 Å². The lowest BCUT2D eigenvalue weighted by Gasteiger charge is -2.18. The lowest BCUT2D eigenvalue weighted by atomic mass is 10.1. The Morgan fingerprint density at radius 1 is 0.906 bits per heavy atom. The fraction of sp³-hybridized carbons (Fsp3) is 0.240. The standard InChI is InChI=1S/C25H28N4O3/c1-4-29(5-2)25(31)18-9-11-20(12-10-18)28-24(30)22-8-7-17-26-23(22)27-19-13-15-21(16-14-19)32-6-3/h7-17H,4-6H2,1-3H3,(H,26,27)(H,28,30). The molecule has 0 spiro atoms. The van der Waals surface area contributed by atoms with E-state index in [4.69, 9.17) is 4.74 Å². The van der Waals surface area contributed by atoms with E-state index in [-0.39, 0.29) is 11.8 Å². The van der Waals surface area contributed by atoms with E-state index >= 15 is 0 Å². The molecule has 32 heavy (non-hydrogen) atoms. The number of anilines is 3. The summed E-state index contributed by atoms with van der Waals surface area (Å²) in [5, 5.41) is 6.05. The average molecular weight is 433 g/mol. The van der Waals surface area contributed by atoms with Crippen LogP contribution in [0.3, 0.4) is 0 Å². The second kappa shape index (κ2) is 10.9. The van der Waals surface area contributed by atoms with Gasteiger partial charge in [-0.25, -0.2) is 4.98 Å². The van der Waals surface area contributed by atoms with E-state index in [2.05, 4.69) is 15.6 Å². The maximum atomic E-state index is 12.9. The molecule has 0 saturated carbocycles. The molecule has 7 heteroatoms. The molecule has 166 valence electrons. The van der Waals surface area contributed by atoms with Crippen molar-refractivity contribution in [3.63, 3.8) is 0 Å². The average Bonchev–Trinajstić information content (AvgIpc) is 2.82. The number of ether oxygens (including phenoxy) is 1. The minimum absolute atomic E-state index is 0.0259. The highest BCUT2D eigenvalue weighted by Gasteiger charge is 2.15. The van der Waals surface area contributed by atoms with Gasteiger partial charge in [-0.05, 0) is 81.4 Å². The Labute approximate surface area is 188 Å². The summed E-state index contributed by atoms with van der Waals surface area (Å²) in [4.78, 5) is 31.4. The van der Waals surface area contributed by atoms with E-state index in [9.17, 15) is 9.59 Å². The molecule has 0 bridgehead atoms. The zero-order valence-electron chi connectivity index (χ0n) is 18.6. The number of hydrogen-bond acceptors (Lipinski definition) is 5. The molecule has 0 aliphatic carbocycles. The molecule has 0 radical (unpaired) electrons. The number of nitrogens with zero attached hydrogens (tertiary/aromatic N) is 2. The van der Waals surface area contributed by atoms with Gasteiger partial charge in [0.25, 0.3) is 11.8 Å². The zero-order valence-corrected chi connectivity index (χ0v) is 18.6. The quantitative estimate of drug-likeness (QED) is 0.499. The number of carbonyl (C=O) groups is 2. The van der Waals surface area contributed by atoms with Gasteiger partial charge in [-0.1, -0.05) is 0 Å². The van der Waals surface area contributed by atoms with Crippen LogP contribution in [0, 0.1) is 0 Å². The summed E-state index contributed by atoms with van der Waals surface area (Å²) in [6, 6.07) is 17.8. The Bertz CT molecular complexity index is 1050. The highest BCUT2D eigenvalue weighted by molar-refractivity contribution is 6.08. The molecular weight excluding hydrogens is 404 g/mol. The van der Waals surface area contributed by atoms with Crippen molar-refractivity contribution in [2.75, 3.05) is 30.3 Å². The lowest BCUT2D eigenvalue weighted by Crippen LogP contribution is -2.30. The Morgan fingerprint density at radius 3 is 2.19 bits per heavy atom. The van der Waals surface area contributed by atoms with E-state index in [1.165, 1.54) is 0 Å². The first kappa shape index (κ1) is 22.8. The molecule has 2 N–H and O–H groups in total. The van der Waals surface area contributed by atoms with Gasteiger partial charge in [0.1, 0.15) is 11.6 Å². The molecule has 1 heterocycles. The molecule has 1 aromatic heterocycles. The largest absolute Gasteiger partial charge is 0.494 e. The van der Waals surface area contributed by atoms with E-state index in [0.717, 1.165) is 11.4 Å². The third kappa shape index (κ3) is 5.63. The minimum atomic E-state index is -0.297. The number of pyridine rings is 1. The molecule has 0 fully saturated rings. The summed E-state index contributed by atoms with van der Waals surface area (Å²) in [6.07, 6.45) is 1.63. The van der Waals surface area contributed by atoms with Crippen molar-refractivity contribution < 1.29 is 14.3 Å². The molecule has 2 aromatic carbocycles. The third-order valence-corrected chi connectivity index (χ3v) is 4.92. The first-order chi connectivity index (χ1) is 15.5. The van der Waals surface area contributed by atoms with Crippen molar-refractivity contribution in [3.8, 4) is 5.75 Å². The summed E-state index contributed by atoms with van der Waals surface area (Å²) in [5.74, 6) is 0.902. The fourth-order valence-electron chi connectivity index (χ4n) is 3.21. The van der Waals surface area contributed by atoms with Gasteiger partial charge in [-0.2, -0.15) is 0 Å². The predicted molar refractivity (Wildman–Crippen MR) is 127 cm³/mol. The Balaban J connectivity index is 1.71. The van der Waals surface area contributed by atoms with Gasteiger partial charge in [-0.3, -0.25) is 9.59 Å². The number of nitrogens with one attached hydrogen (secondary N) is 2. The van der Waals surface area contributed by atoms with Gasteiger partial charge in [0.15, 0.2) is 0 Å². The van der Waals surface area contributed by atoms with Crippen LogP contribution >= 0.6 is 0 Å². The van der Waals surface area contributed by atoms with Crippen LogP contribution in [0.5, 0.6) is 5.75 Å². The molecule has 3 rings (SSSR count). The number of hydrogen-bond donors (Lipinski definition) is 2. The van der Waals surface area contributed by atoms with E-state index < -0.39 is 0 Å². The van der Waals surface area contributed by atoms with Crippen molar-refractivity contribution >= 4 is 29.0 Å². The summed E-state index contributed by atoms with van der Waals surface area (Å²) in [6.45, 7) is 7.73. The third-order valence-electron chi connectivity index (χ3n) is 4.92. The van der Waals surface area contributed by atoms with Crippen molar-refractivity contribution in [1.82, 2.24) is 9.88 Å². The lowest BCUT2D eigenvalue weighted by molar-refractivity contribution is 0.0773. The maximum absolute atomic E-state index is 12.9. The van der Waals surface area contributed by atoms with Crippen LogP contribution in [-0.4, -0.2) is 41.4 Å². The number of rotatable bonds is 9. The number of carbonyl (C=O) groups excluding carboxylic acids is 2. The van der Waals surface area contributed by atoms with Gasteiger partial charge in [0.2, 0.25) is 0 Å². The van der Waals surface area contributed by atoms with Crippen molar-refractivity contribution in [2.24, 2.45) is 0 Å². The van der Waals surface area contributed by atoms with Crippen molar-refractivity contribution in [3.05, 3.63) is 78.0 Å². The van der Waals surface area contributed by atoms with Crippen LogP contribution in [-0.2, 0) is 0 Å². The fourth-order valence-corrected chi connectivity index (χ4v) is 3.21. The molecule has 0 aliphatic rings. The van der Waals surface area contributed by atoms with Crippen molar-refractivity contribution in [1.29, 1.82) is 0 Å². The first-order valence-corrected chi connectivity index (χ1v) is 10.7. The summed E-state index contributed by atoms with van der Waals surface area (Å²) in [5.41, 5.74) is 2.39. The molecule has 0 atom stereocenters. The molecule has 0 aliphatic heterocycles. The molecule has 7 nitrogen and oxygen atoms in total. The predicted octanol–water partition coefficient (Wildman–Crippen LogP) is 4.96. The zero-order chi connectivity index (χ0) is 22.9. The van der Waals surface area contributed by atoms with Crippen LogP contribution in [0.1, 0.15) is 41.5 Å². The SMILES string of the molecule is CCOc1ccc(Nc2ncccc2C(=O)Nc2ccc(C(=O)N(CC)CC)cc2)cc1. The van der Waals surface area contributed by atoms with Crippen LogP contribution < -0.4 is 15.4 Å². The molecular formula is C25H28N4O3. The van der Waals surface area contributed by atoms with Gasteiger partial charge in [-0.15, -0.1) is 0 Å². The number of benzene rings is 2. The first-order valence-electron chi connectivity index (χ1n) is 10.7. The van der Waals surface area contributed by atoms with E-state index in [1.807, 2.05) is 45.0 Å². The topological polar surface area (TPSA) is 83.6 Å². The van der Waals surface area contributed by atoms with Gasteiger partial charge in [0.05, 0.1) is 12.2 Å². The van der Waals surface area contributed by atoms with Crippen LogP contribution in [0.2, 0.25) is 0 Å². The summed E-state index contributed by atoms with van der Waals surface area (Å²) in [7, 11) is 0. The molecule has 2 amide bonds. The van der Waals surface area contributed by atoms with Gasteiger partial charge >= 0.3 is 0 Å². The van der Waals surface area contributed by atoms with Gasteiger partial charge in [0, 0.05) is 36.2 Å².